The van der Waals surface area contributed by atoms with E-state index in [1.807, 2.05) is 31.5 Å². The van der Waals surface area contributed by atoms with E-state index in [4.69, 9.17) is 9.97 Å². The monoisotopic (exact) mass is 434 g/mol. The molecule has 0 atom stereocenters. The quantitative estimate of drug-likeness (QED) is 0.324. The molecule has 0 fully saturated rings. The van der Waals surface area contributed by atoms with Gasteiger partial charge in [-0.3, -0.25) is 4.99 Å². The maximum absolute atomic E-state index is 14.0. The first-order valence-corrected chi connectivity index (χ1v) is 10.6. The molecule has 6 heteroatoms. The fourth-order valence-corrected chi connectivity index (χ4v) is 5.42. The van der Waals surface area contributed by atoms with Gasteiger partial charge >= 0.3 is 0 Å². The summed E-state index contributed by atoms with van der Waals surface area (Å²) in [4.78, 5) is 16.3. The van der Waals surface area contributed by atoms with Crippen LogP contribution >= 0.6 is 0 Å². The lowest BCUT2D eigenvalue weighted by atomic mass is 9.95. The number of halogens is 2. The van der Waals surface area contributed by atoms with E-state index in [0.717, 1.165) is 66.6 Å². The first-order valence-electron chi connectivity index (χ1n) is 10.6. The molecule has 5 aromatic carbocycles. The molecule has 4 nitrogen and oxygen atoms in total. The van der Waals surface area contributed by atoms with Gasteiger partial charge in [-0.1, -0.05) is 37.4 Å². The lowest BCUT2D eigenvalue weighted by Gasteiger charge is -2.21. The van der Waals surface area contributed by atoms with E-state index in [2.05, 4.69) is 29.1 Å². The summed E-state index contributed by atoms with van der Waals surface area (Å²) in [6, 6.07) is 8.29. The smallest absolute Gasteiger partial charge is 0.161 e. The molecule has 158 valence electrons. The standard InChI is InChI=1S/C27H16F2N4/c1-4-13-20-12(2)24-27(33(3)9-8-30-24)23(20)14-6-5-7-15-21(14)22(13)26-25(15)31-18-10-16(28)17(29)11-19(18)32-26/h4-8,10-11H,1-2,9H2,3H3. The van der Waals surface area contributed by atoms with Crippen molar-refractivity contribution in [2.75, 3.05) is 18.5 Å². The van der Waals surface area contributed by atoms with Crippen molar-refractivity contribution in [2.45, 2.75) is 0 Å². The highest BCUT2D eigenvalue weighted by Crippen LogP contribution is 2.48. The Morgan fingerprint density at radius 3 is 2.36 bits per heavy atom. The maximum atomic E-state index is 14.0. The average Bonchev–Trinajstić information content (AvgIpc) is 3.29. The lowest BCUT2D eigenvalue weighted by molar-refractivity contribution is 0.510. The molecule has 0 saturated carbocycles. The number of anilines is 1. The largest absolute Gasteiger partial charge is 0.367 e. The van der Waals surface area contributed by atoms with Gasteiger partial charge in [0.1, 0.15) is 0 Å². The van der Waals surface area contributed by atoms with E-state index >= 15 is 0 Å². The summed E-state index contributed by atoms with van der Waals surface area (Å²) in [5.41, 5.74) is 4.76. The number of nitrogens with zero attached hydrogens (tertiary/aromatic N) is 4. The third-order valence-corrected chi connectivity index (χ3v) is 6.78. The van der Waals surface area contributed by atoms with Crippen LogP contribution in [0, 0.1) is 11.6 Å². The minimum absolute atomic E-state index is 0.310. The first kappa shape index (κ1) is 18.4. The Kier molecular flexibility index (Phi) is 3.33. The molecule has 2 heterocycles. The molecule has 1 aliphatic rings. The molecule has 0 radical (unpaired) electrons. The van der Waals surface area contributed by atoms with E-state index in [-0.39, 0.29) is 0 Å². The molecule has 1 aliphatic heterocycles. The molecule has 0 N–H and O–H groups in total. The number of fused-ring (bicyclic) bond motifs is 8. The summed E-state index contributed by atoms with van der Waals surface area (Å²) in [7, 11) is 2.05. The molecule has 1 aromatic heterocycles. The zero-order valence-corrected chi connectivity index (χ0v) is 17.7. The van der Waals surface area contributed by atoms with Crippen molar-refractivity contribution < 1.29 is 8.78 Å². The van der Waals surface area contributed by atoms with Crippen molar-refractivity contribution in [2.24, 2.45) is 4.99 Å². The molecule has 0 spiro atoms. The summed E-state index contributed by atoms with van der Waals surface area (Å²) in [6.07, 6.45) is 3.72. The van der Waals surface area contributed by atoms with Crippen molar-refractivity contribution in [3.63, 3.8) is 0 Å². The summed E-state index contributed by atoms with van der Waals surface area (Å²) in [6.45, 7) is 9.20. The van der Waals surface area contributed by atoms with Crippen molar-refractivity contribution >= 4 is 84.6 Å². The zero-order valence-electron chi connectivity index (χ0n) is 17.7. The third-order valence-electron chi connectivity index (χ3n) is 6.78. The molecular formula is C27H16F2N4. The predicted octanol–water partition coefficient (Wildman–Crippen LogP) is 5.88. The van der Waals surface area contributed by atoms with Gasteiger partial charge in [0.2, 0.25) is 0 Å². The second-order valence-corrected chi connectivity index (χ2v) is 8.51. The van der Waals surface area contributed by atoms with E-state index in [0.29, 0.717) is 28.6 Å². The third kappa shape index (κ3) is 2.11. The number of aliphatic imine (C=N–C) groups is 1. The van der Waals surface area contributed by atoms with E-state index in [1.165, 1.54) is 0 Å². The minimum Gasteiger partial charge on any atom is -0.367 e. The average molecular weight is 434 g/mol. The highest BCUT2D eigenvalue weighted by Gasteiger charge is 2.27. The van der Waals surface area contributed by atoms with Gasteiger partial charge < -0.3 is 4.90 Å². The summed E-state index contributed by atoms with van der Waals surface area (Å²) >= 11 is 0. The van der Waals surface area contributed by atoms with Crippen molar-refractivity contribution in [1.29, 1.82) is 0 Å². The van der Waals surface area contributed by atoms with Gasteiger partial charge in [-0.05, 0) is 10.9 Å². The van der Waals surface area contributed by atoms with Crippen LogP contribution in [0.2, 0.25) is 0 Å². The Morgan fingerprint density at radius 1 is 0.939 bits per heavy atom. The number of benzene rings is 3. The number of hydrogen-bond donors (Lipinski definition) is 0. The fraction of sp³-hybridized carbons (Fsp3) is 0.0741. The maximum Gasteiger partial charge on any atom is 0.161 e. The number of rotatable bonds is 1. The molecule has 7 rings (SSSR count). The Bertz CT molecular complexity index is 1920. The fourth-order valence-electron chi connectivity index (χ4n) is 5.42. The topological polar surface area (TPSA) is 41.4 Å². The molecule has 0 unspecified atom stereocenters. The van der Waals surface area contributed by atoms with Crippen LogP contribution in [0.3, 0.4) is 0 Å². The normalized spacial score (nSPS) is 13.8. The molecule has 0 amide bonds. The van der Waals surface area contributed by atoms with Gasteiger partial charge in [-0.2, -0.15) is 0 Å². The molecular weight excluding hydrogens is 418 g/mol. The summed E-state index contributed by atoms with van der Waals surface area (Å²) in [5.74, 6) is -1.88. The van der Waals surface area contributed by atoms with Crippen molar-refractivity contribution in [3.05, 3.63) is 59.3 Å². The highest BCUT2D eigenvalue weighted by molar-refractivity contribution is 6.38. The Morgan fingerprint density at radius 2 is 1.64 bits per heavy atom. The van der Waals surface area contributed by atoms with Crippen molar-refractivity contribution in [1.82, 2.24) is 9.97 Å². The van der Waals surface area contributed by atoms with E-state index < -0.39 is 11.6 Å². The van der Waals surface area contributed by atoms with Gasteiger partial charge in [0.05, 0.1) is 40.0 Å². The van der Waals surface area contributed by atoms with Gasteiger partial charge in [-0.25, -0.2) is 18.7 Å². The Labute approximate surface area is 186 Å². The molecule has 6 aromatic rings. The number of aromatic nitrogens is 2. The van der Waals surface area contributed by atoms with Crippen LogP contribution in [-0.4, -0.2) is 29.8 Å². The predicted molar refractivity (Wildman–Crippen MR) is 133 cm³/mol. The van der Waals surface area contributed by atoms with Crippen LogP contribution in [0.4, 0.5) is 20.2 Å². The zero-order chi connectivity index (χ0) is 22.6. The SMILES string of the molecule is C=Cc1c2c(=C)c3c(c2c2cccc4c5nc6cc(F)c(F)cc6nc5c1c42)N(C)CC=N3. The van der Waals surface area contributed by atoms with Gasteiger partial charge in [0.25, 0.3) is 0 Å². The first-order chi connectivity index (χ1) is 16.0. The van der Waals surface area contributed by atoms with Crippen LogP contribution in [0.25, 0.3) is 67.0 Å². The lowest BCUT2D eigenvalue weighted by Crippen LogP contribution is -2.22. The van der Waals surface area contributed by atoms with Gasteiger partial charge in [-0.15, -0.1) is 0 Å². The summed E-state index contributed by atoms with van der Waals surface area (Å²) < 4.78 is 27.9. The Balaban J connectivity index is 1.82. The number of hydrogen-bond acceptors (Lipinski definition) is 4. The van der Waals surface area contributed by atoms with Crippen LogP contribution in [-0.2, 0) is 0 Å². The molecule has 0 saturated heterocycles. The summed E-state index contributed by atoms with van der Waals surface area (Å²) in [5, 5.41) is 6.80. The Hall–Kier alpha value is -4.19. The van der Waals surface area contributed by atoms with Gasteiger partial charge in [0.15, 0.2) is 11.6 Å². The molecule has 0 bridgehead atoms. The second kappa shape index (κ2) is 5.98. The van der Waals surface area contributed by atoms with Crippen LogP contribution in [0.1, 0.15) is 5.56 Å². The molecule has 33 heavy (non-hydrogen) atoms. The molecule has 0 aliphatic carbocycles. The van der Waals surface area contributed by atoms with Crippen LogP contribution in [0.15, 0.2) is 41.9 Å². The van der Waals surface area contributed by atoms with Gasteiger partial charge in [0, 0.05) is 57.5 Å². The minimum atomic E-state index is -0.943. The van der Waals surface area contributed by atoms with E-state index in [9.17, 15) is 8.78 Å². The van der Waals surface area contributed by atoms with Crippen molar-refractivity contribution in [3.8, 4) is 0 Å². The van der Waals surface area contributed by atoms with Crippen LogP contribution < -0.4 is 10.1 Å². The highest BCUT2D eigenvalue weighted by atomic mass is 19.2. The second-order valence-electron chi connectivity index (χ2n) is 8.51. The van der Waals surface area contributed by atoms with Crippen LogP contribution in [0.5, 0.6) is 0 Å². The van der Waals surface area contributed by atoms with E-state index in [1.54, 1.807) is 0 Å².